The summed E-state index contributed by atoms with van der Waals surface area (Å²) in [4.78, 5) is 31.2. The van der Waals surface area contributed by atoms with E-state index in [-0.39, 0.29) is 17.9 Å². The molecule has 2 aromatic rings. The zero-order valence-electron chi connectivity index (χ0n) is 22.7. The molecule has 0 saturated carbocycles. The molecule has 13 heteroatoms. The molecule has 2 heterocycles. The highest BCUT2D eigenvalue weighted by Crippen LogP contribution is 2.32. The van der Waals surface area contributed by atoms with Crippen LogP contribution in [0.5, 0.6) is 0 Å². The van der Waals surface area contributed by atoms with Crippen LogP contribution in [0, 0.1) is 6.92 Å². The molecule has 9 nitrogen and oxygen atoms in total. The second-order valence-corrected chi connectivity index (χ2v) is 10.9. The summed E-state index contributed by atoms with van der Waals surface area (Å²) in [7, 11) is 0. The second-order valence-electron chi connectivity index (χ2n) is 9.90. The number of aryl methyl sites for hydroxylation is 1. The molecule has 1 aromatic carbocycles. The van der Waals surface area contributed by atoms with Crippen molar-refractivity contribution in [3.05, 3.63) is 76.0 Å². The number of carbonyl (C=O) groups excluding carboxylic acids is 2. The van der Waals surface area contributed by atoms with Gasteiger partial charge in [0.25, 0.3) is 5.91 Å². The lowest BCUT2D eigenvalue weighted by molar-refractivity contribution is -0.114. The summed E-state index contributed by atoms with van der Waals surface area (Å²) < 4.78 is 41.4. The number of benzene rings is 1. The number of amides is 2. The Balaban J connectivity index is 1.50. The van der Waals surface area contributed by atoms with Crippen LogP contribution in [0.25, 0.3) is 5.70 Å². The predicted octanol–water partition coefficient (Wildman–Crippen LogP) is 4.83. The first kappa shape index (κ1) is 30.0. The fourth-order valence-electron chi connectivity index (χ4n) is 4.52. The molecule has 6 N–H and O–H groups in total. The van der Waals surface area contributed by atoms with Gasteiger partial charge in [0.2, 0.25) is 5.91 Å². The highest BCUT2D eigenvalue weighted by atomic mass is 32.1. The van der Waals surface area contributed by atoms with Crippen LogP contribution in [-0.2, 0) is 9.59 Å². The average molecular weight is 588 g/mol. The van der Waals surface area contributed by atoms with Gasteiger partial charge in [-0.2, -0.15) is 13.2 Å². The molecule has 2 aliphatic rings. The van der Waals surface area contributed by atoms with Gasteiger partial charge in [-0.05, 0) is 69.1 Å². The SMILES string of the molecule is CC(=O)Nc1ncc(/C(N)=C/N(N)c2cc(NC(=O)C3=CCC(CN4CCCC4)=CC(C(F)(F)F)=C3)ccc2C)s1. The average Bonchev–Trinajstić information content (AvgIpc) is 3.52. The quantitative estimate of drug-likeness (QED) is 0.257. The number of anilines is 3. The van der Waals surface area contributed by atoms with Crippen LogP contribution < -0.4 is 27.2 Å². The molecule has 4 rings (SSSR count). The van der Waals surface area contributed by atoms with Gasteiger partial charge >= 0.3 is 6.18 Å². The lowest BCUT2D eigenvalue weighted by Crippen LogP contribution is -2.26. The summed E-state index contributed by atoms with van der Waals surface area (Å²) in [6.07, 6.45) is 4.28. The number of rotatable bonds is 8. The molecule has 1 aromatic heterocycles. The number of aromatic nitrogens is 1. The summed E-state index contributed by atoms with van der Waals surface area (Å²) in [6, 6.07) is 4.98. The van der Waals surface area contributed by atoms with E-state index < -0.39 is 17.7 Å². The van der Waals surface area contributed by atoms with Crippen LogP contribution in [0.2, 0.25) is 0 Å². The van der Waals surface area contributed by atoms with Gasteiger partial charge in [0, 0.05) is 37.1 Å². The van der Waals surface area contributed by atoms with Gasteiger partial charge in [0.1, 0.15) is 0 Å². The van der Waals surface area contributed by atoms with Gasteiger partial charge in [0.15, 0.2) is 5.13 Å². The highest BCUT2D eigenvalue weighted by Gasteiger charge is 2.34. The van der Waals surface area contributed by atoms with E-state index in [0.717, 1.165) is 43.6 Å². The molecule has 218 valence electrons. The monoisotopic (exact) mass is 587 g/mol. The molecule has 41 heavy (non-hydrogen) atoms. The number of carbonyl (C=O) groups is 2. The Morgan fingerprint density at radius 2 is 1.93 bits per heavy atom. The summed E-state index contributed by atoms with van der Waals surface area (Å²) >= 11 is 1.18. The Kier molecular flexibility index (Phi) is 9.31. The zero-order valence-corrected chi connectivity index (χ0v) is 23.5. The third kappa shape index (κ3) is 8.06. The van der Waals surface area contributed by atoms with E-state index in [1.54, 1.807) is 18.2 Å². The summed E-state index contributed by atoms with van der Waals surface area (Å²) in [5, 5.41) is 6.95. The maximum absolute atomic E-state index is 13.8. The first-order valence-corrected chi connectivity index (χ1v) is 13.8. The molecule has 0 atom stereocenters. The van der Waals surface area contributed by atoms with E-state index in [2.05, 4.69) is 20.5 Å². The van der Waals surface area contributed by atoms with Crippen molar-refractivity contribution < 1.29 is 22.8 Å². The lowest BCUT2D eigenvalue weighted by atomic mass is 10.1. The molecule has 0 spiro atoms. The minimum atomic E-state index is -4.59. The third-order valence-corrected chi connectivity index (χ3v) is 7.53. The van der Waals surface area contributed by atoms with E-state index in [0.29, 0.717) is 39.2 Å². The molecule has 0 bridgehead atoms. The molecule has 1 aliphatic carbocycles. The van der Waals surface area contributed by atoms with Crippen LogP contribution >= 0.6 is 11.3 Å². The topological polar surface area (TPSA) is 130 Å². The number of hydrazine groups is 1. The van der Waals surface area contributed by atoms with Crippen molar-refractivity contribution in [1.29, 1.82) is 0 Å². The van der Waals surface area contributed by atoms with Crippen molar-refractivity contribution in [2.24, 2.45) is 11.6 Å². The maximum atomic E-state index is 13.8. The first-order chi connectivity index (χ1) is 19.4. The minimum absolute atomic E-state index is 0.0685. The first-order valence-electron chi connectivity index (χ1n) is 13.0. The van der Waals surface area contributed by atoms with Crippen LogP contribution in [0.4, 0.5) is 29.7 Å². The van der Waals surface area contributed by atoms with Gasteiger partial charge in [-0.1, -0.05) is 29.1 Å². The fourth-order valence-corrected chi connectivity index (χ4v) is 5.30. The number of halogens is 3. The third-order valence-electron chi connectivity index (χ3n) is 6.57. The number of thiazole rings is 1. The summed E-state index contributed by atoms with van der Waals surface area (Å²) in [5.74, 6) is 5.34. The van der Waals surface area contributed by atoms with E-state index in [1.807, 2.05) is 6.92 Å². The zero-order chi connectivity index (χ0) is 29.7. The fraction of sp³-hybridized carbons (Fsp3) is 0.321. The maximum Gasteiger partial charge on any atom is 0.416 e. The van der Waals surface area contributed by atoms with Crippen LogP contribution in [0.3, 0.4) is 0 Å². The number of allylic oxidation sites excluding steroid dienone is 3. The van der Waals surface area contributed by atoms with Crippen molar-refractivity contribution in [2.75, 3.05) is 35.3 Å². The molecular weight excluding hydrogens is 555 g/mol. The molecule has 1 fully saturated rings. The van der Waals surface area contributed by atoms with Crippen molar-refractivity contribution in [3.8, 4) is 0 Å². The van der Waals surface area contributed by atoms with E-state index >= 15 is 0 Å². The number of hydrogen-bond donors (Lipinski definition) is 4. The smallest absolute Gasteiger partial charge is 0.396 e. The predicted molar refractivity (Wildman–Crippen MR) is 156 cm³/mol. The van der Waals surface area contributed by atoms with Gasteiger partial charge in [-0.25, -0.2) is 10.8 Å². The Morgan fingerprint density at radius 1 is 1.20 bits per heavy atom. The molecule has 1 saturated heterocycles. The second kappa shape index (κ2) is 12.7. The van der Waals surface area contributed by atoms with Gasteiger partial charge < -0.3 is 16.4 Å². The Hall–Kier alpha value is -3.94. The minimum Gasteiger partial charge on any atom is -0.396 e. The molecule has 1 aliphatic heterocycles. The Morgan fingerprint density at radius 3 is 2.61 bits per heavy atom. The summed E-state index contributed by atoms with van der Waals surface area (Å²) in [5.41, 5.74) is 7.79. The Bertz CT molecular complexity index is 1440. The van der Waals surface area contributed by atoms with E-state index in [9.17, 15) is 22.8 Å². The standard InChI is InChI=1S/C28H32F3N7O2S/c1-17-5-8-22(13-24(17)38(33)16-23(32)25-14-34-27(41-25)35-18(2)39)36-26(40)20-7-6-19(15-37-9-3-4-10-37)11-21(12-20)28(29,30)31/h5,7-8,11-14,16H,3-4,6,9-10,15,32-33H2,1-2H3,(H,36,40)(H,34,35,39)/b23-16-. The number of nitrogens with zero attached hydrogens (tertiary/aromatic N) is 3. The molecule has 0 unspecified atom stereocenters. The summed E-state index contributed by atoms with van der Waals surface area (Å²) in [6.45, 7) is 5.34. The van der Waals surface area contributed by atoms with Gasteiger partial charge in [0.05, 0.1) is 21.8 Å². The van der Waals surface area contributed by atoms with E-state index in [1.165, 1.54) is 41.7 Å². The van der Waals surface area contributed by atoms with Crippen molar-refractivity contribution in [1.82, 2.24) is 9.88 Å². The molecular formula is C28H32F3N7O2S. The largest absolute Gasteiger partial charge is 0.416 e. The number of likely N-dealkylation sites (tertiary alicyclic amines) is 1. The van der Waals surface area contributed by atoms with Gasteiger partial charge in [-0.3, -0.25) is 19.5 Å². The molecule has 0 radical (unpaired) electrons. The lowest BCUT2D eigenvalue weighted by Gasteiger charge is -2.19. The van der Waals surface area contributed by atoms with E-state index in [4.69, 9.17) is 11.6 Å². The number of nitrogens with two attached hydrogens (primary N) is 2. The number of alkyl halides is 3. The van der Waals surface area contributed by atoms with Crippen LogP contribution in [0.1, 0.15) is 36.6 Å². The van der Waals surface area contributed by atoms with Gasteiger partial charge in [-0.15, -0.1) is 0 Å². The Labute approximate surface area is 240 Å². The van der Waals surface area contributed by atoms with Crippen molar-refractivity contribution in [3.63, 3.8) is 0 Å². The van der Waals surface area contributed by atoms with Crippen molar-refractivity contribution in [2.45, 2.75) is 39.3 Å². The van der Waals surface area contributed by atoms with Crippen LogP contribution in [0.15, 0.2) is 65.5 Å². The normalized spacial score (nSPS) is 16.4. The number of nitrogens with one attached hydrogen (secondary N) is 2. The van der Waals surface area contributed by atoms with Crippen molar-refractivity contribution >= 4 is 45.4 Å². The number of hydrogen-bond acceptors (Lipinski definition) is 8. The molecule has 2 amide bonds. The highest BCUT2D eigenvalue weighted by molar-refractivity contribution is 7.16. The van der Waals surface area contributed by atoms with Crippen LogP contribution in [-0.4, -0.2) is 47.5 Å².